The van der Waals surface area contributed by atoms with Crippen molar-refractivity contribution in [2.75, 3.05) is 6.54 Å². The van der Waals surface area contributed by atoms with E-state index >= 15 is 0 Å². The molecule has 3 nitrogen and oxygen atoms in total. The largest absolute Gasteiger partial charge is 0.392 e. The van der Waals surface area contributed by atoms with E-state index in [9.17, 15) is 4.79 Å². The van der Waals surface area contributed by atoms with Gasteiger partial charge in [-0.05, 0) is 37.5 Å². The van der Waals surface area contributed by atoms with E-state index in [2.05, 4.69) is 26.1 Å². The van der Waals surface area contributed by atoms with Crippen LogP contribution in [0.5, 0.6) is 0 Å². The topological polar surface area (TPSA) is 55.1 Å². The van der Waals surface area contributed by atoms with E-state index in [4.69, 9.17) is 18.0 Å². The smallest absolute Gasteiger partial charge is 0.233 e. The molecule has 3 N–H and O–H groups in total. The second-order valence-corrected chi connectivity index (χ2v) is 7.22. The molecule has 0 unspecified atom stereocenters. The number of hydrogen-bond acceptors (Lipinski definition) is 2. The van der Waals surface area contributed by atoms with Crippen molar-refractivity contribution >= 4 is 23.1 Å². The molecule has 1 fully saturated rings. The summed E-state index contributed by atoms with van der Waals surface area (Å²) in [5, 5.41) is 3.15. The van der Waals surface area contributed by atoms with Gasteiger partial charge in [-0.3, -0.25) is 4.79 Å². The van der Waals surface area contributed by atoms with E-state index in [1.54, 1.807) is 0 Å². The summed E-state index contributed by atoms with van der Waals surface area (Å²) in [6.45, 7) is 7.26. The summed E-state index contributed by atoms with van der Waals surface area (Å²) in [5.41, 5.74) is 5.30. The monoisotopic (exact) mass is 312 g/mol. The van der Waals surface area contributed by atoms with Crippen molar-refractivity contribution in [2.24, 2.45) is 23.0 Å². The number of nitrogens with one attached hydrogen (secondary N) is 1. The number of rotatable bonds is 8. The van der Waals surface area contributed by atoms with Gasteiger partial charge in [0.15, 0.2) is 0 Å². The highest BCUT2D eigenvalue weighted by Crippen LogP contribution is 2.32. The molecule has 0 heterocycles. The van der Waals surface area contributed by atoms with E-state index in [0.717, 1.165) is 38.1 Å². The van der Waals surface area contributed by atoms with Crippen LogP contribution in [-0.4, -0.2) is 17.4 Å². The molecule has 0 atom stereocenters. The molecule has 0 aliphatic heterocycles. The van der Waals surface area contributed by atoms with Crippen molar-refractivity contribution in [3.63, 3.8) is 0 Å². The van der Waals surface area contributed by atoms with Crippen LogP contribution in [0.2, 0.25) is 0 Å². The van der Waals surface area contributed by atoms with Gasteiger partial charge in [-0.15, -0.1) is 0 Å². The third-order valence-corrected chi connectivity index (χ3v) is 5.34. The molecule has 0 aromatic rings. The summed E-state index contributed by atoms with van der Waals surface area (Å²) in [6.07, 6.45) is 8.37. The van der Waals surface area contributed by atoms with Crippen LogP contribution >= 0.6 is 12.2 Å². The van der Waals surface area contributed by atoms with Crippen molar-refractivity contribution in [1.29, 1.82) is 0 Å². The SMILES string of the molecule is CCCC(CCC)(C(=O)NCC1CCC(C)CC1)C(N)=S. The first-order valence-corrected chi connectivity index (χ1v) is 8.95. The van der Waals surface area contributed by atoms with Crippen LogP contribution in [0.25, 0.3) is 0 Å². The Balaban J connectivity index is 2.61. The first-order valence-electron chi connectivity index (χ1n) is 8.54. The molecule has 4 heteroatoms. The minimum atomic E-state index is -0.638. The molecule has 1 aliphatic rings. The van der Waals surface area contributed by atoms with Crippen LogP contribution < -0.4 is 11.1 Å². The third kappa shape index (κ3) is 4.94. The summed E-state index contributed by atoms with van der Waals surface area (Å²) >= 11 is 5.24. The van der Waals surface area contributed by atoms with Crippen LogP contribution in [0.4, 0.5) is 0 Å². The molecule has 0 aromatic heterocycles. The highest BCUT2D eigenvalue weighted by Gasteiger charge is 2.39. The average molecular weight is 313 g/mol. The second kappa shape index (κ2) is 8.72. The molecular formula is C17H32N2OS. The first-order chi connectivity index (χ1) is 9.96. The third-order valence-electron chi connectivity index (χ3n) is 4.95. The first kappa shape index (κ1) is 18.4. The minimum absolute atomic E-state index is 0.0531. The van der Waals surface area contributed by atoms with Gasteiger partial charge in [-0.1, -0.05) is 58.7 Å². The Morgan fingerprint density at radius 2 is 1.71 bits per heavy atom. The van der Waals surface area contributed by atoms with Gasteiger partial charge >= 0.3 is 0 Å². The molecule has 1 aliphatic carbocycles. The molecule has 0 aromatic carbocycles. The Bertz CT molecular complexity index is 343. The molecule has 0 radical (unpaired) electrons. The zero-order chi connectivity index (χ0) is 15.9. The van der Waals surface area contributed by atoms with Crippen LogP contribution in [0, 0.1) is 17.3 Å². The maximum absolute atomic E-state index is 12.7. The van der Waals surface area contributed by atoms with Gasteiger partial charge in [0.25, 0.3) is 0 Å². The predicted octanol–water partition coefficient (Wildman–Crippen LogP) is 3.80. The minimum Gasteiger partial charge on any atom is -0.392 e. The number of thiocarbonyl (C=S) groups is 1. The maximum Gasteiger partial charge on any atom is 0.233 e. The van der Waals surface area contributed by atoms with Crippen LogP contribution in [0.3, 0.4) is 0 Å². The van der Waals surface area contributed by atoms with E-state index in [1.807, 2.05) is 0 Å². The maximum atomic E-state index is 12.7. The number of hydrogen-bond donors (Lipinski definition) is 2. The van der Waals surface area contributed by atoms with E-state index in [-0.39, 0.29) is 5.91 Å². The zero-order valence-electron chi connectivity index (χ0n) is 13.9. The van der Waals surface area contributed by atoms with Crippen molar-refractivity contribution in [2.45, 2.75) is 72.1 Å². The lowest BCUT2D eigenvalue weighted by Crippen LogP contribution is -2.50. The normalized spacial score (nSPS) is 22.8. The Labute approximate surface area is 135 Å². The number of carbonyl (C=O) groups excluding carboxylic acids is 1. The van der Waals surface area contributed by atoms with Crippen LogP contribution in [0.15, 0.2) is 0 Å². The molecule has 0 bridgehead atoms. The molecule has 0 spiro atoms. The number of carbonyl (C=O) groups is 1. The summed E-state index contributed by atoms with van der Waals surface area (Å²) in [4.78, 5) is 13.1. The predicted molar refractivity (Wildman–Crippen MR) is 93.2 cm³/mol. The lowest BCUT2D eigenvalue weighted by molar-refractivity contribution is -0.128. The molecule has 0 saturated heterocycles. The fourth-order valence-corrected chi connectivity index (χ4v) is 3.80. The van der Waals surface area contributed by atoms with Crippen molar-refractivity contribution in [1.82, 2.24) is 5.32 Å². The van der Waals surface area contributed by atoms with Gasteiger partial charge in [0.05, 0.1) is 10.4 Å². The molecule has 1 amide bonds. The summed E-state index contributed by atoms with van der Waals surface area (Å²) < 4.78 is 0. The molecule has 1 rings (SSSR count). The van der Waals surface area contributed by atoms with Crippen molar-refractivity contribution in [3.8, 4) is 0 Å². The quantitative estimate of drug-likeness (QED) is 0.670. The lowest BCUT2D eigenvalue weighted by atomic mass is 9.77. The average Bonchev–Trinajstić information content (AvgIpc) is 2.45. The van der Waals surface area contributed by atoms with Gasteiger partial charge in [0.1, 0.15) is 0 Å². The van der Waals surface area contributed by atoms with Gasteiger partial charge in [0.2, 0.25) is 5.91 Å². The van der Waals surface area contributed by atoms with E-state index in [1.165, 1.54) is 25.7 Å². The van der Waals surface area contributed by atoms with Gasteiger partial charge in [0, 0.05) is 6.54 Å². The van der Waals surface area contributed by atoms with E-state index < -0.39 is 5.41 Å². The van der Waals surface area contributed by atoms with Gasteiger partial charge < -0.3 is 11.1 Å². The standard InChI is InChI=1S/C17H32N2OS/c1-4-10-17(11-5-2,15(18)21)16(20)19-12-14-8-6-13(3)7-9-14/h13-14H,4-12H2,1-3H3,(H2,18,21)(H,19,20). The van der Waals surface area contributed by atoms with Crippen LogP contribution in [0.1, 0.15) is 72.1 Å². The van der Waals surface area contributed by atoms with Crippen LogP contribution in [-0.2, 0) is 4.79 Å². The van der Waals surface area contributed by atoms with Crippen molar-refractivity contribution < 1.29 is 4.79 Å². The van der Waals surface area contributed by atoms with Gasteiger partial charge in [-0.2, -0.15) is 0 Å². The molecular weight excluding hydrogens is 280 g/mol. The highest BCUT2D eigenvalue weighted by atomic mass is 32.1. The summed E-state index contributed by atoms with van der Waals surface area (Å²) in [6, 6.07) is 0. The Hall–Kier alpha value is -0.640. The molecule has 1 saturated carbocycles. The summed E-state index contributed by atoms with van der Waals surface area (Å²) in [5.74, 6) is 1.52. The Morgan fingerprint density at radius 1 is 1.19 bits per heavy atom. The lowest BCUT2D eigenvalue weighted by Gasteiger charge is -2.33. The fourth-order valence-electron chi connectivity index (χ4n) is 3.50. The molecule has 122 valence electrons. The Morgan fingerprint density at radius 3 is 2.14 bits per heavy atom. The molecule has 21 heavy (non-hydrogen) atoms. The number of nitrogens with two attached hydrogens (primary N) is 1. The van der Waals surface area contributed by atoms with E-state index in [0.29, 0.717) is 10.9 Å². The summed E-state index contributed by atoms with van der Waals surface area (Å²) in [7, 11) is 0. The fraction of sp³-hybridized carbons (Fsp3) is 0.882. The van der Waals surface area contributed by atoms with Crippen molar-refractivity contribution in [3.05, 3.63) is 0 Å². The van der Waals surface area contributed by atoms with Gasteiger partial charge in [-0.25, -0.2) is 0 Å². The zero-order valence-corrected chi connectivity index (χ0v) is 14.7. The Kier molecular flexibility index (Phi) is 7.64. The number of amides is 1. The second-order valence-electron chi connectivity index (χ2n) is 6.78. The highest BCUT2D eigenvalue weighted by molar-refractivity contribution is 7.80.